The molecule has 0 saturated carbocycles. The number of hydrogen-bond donors (Lipinski definition) is 1. The molecule has 14 heavy (non-hydrogen) atoms. The highest BCUT2D eigenvalue weighted by molar-refractivity contribution is 4.94. The summed E-state index contributed by atoms with van der Waals surface area (Å²) in [5.74, 6) is 0. The van der Waals surface area contributed by atoms with E-state index >= 15 is 0 Å². The summed E-state index contributed by atoms with van der Waals surface area (Å²) in [6, 6.07) is 0. The Hall–Kier alpha value is -0.120. The molecule has 1 N–H and O–H groups in total. The number of rotatable bonds is 4. The molecule has 1 heterocycles. The van der Waals surface area contributed by atoms with Crippen LogP contribution in [0, 0.1) is 0 Å². The second kappa shape index (κ2) is 7.21. The Morgan fingerprint density at radius 1 is 1.36 bits per heavy atom. The van der Waals surface area contributed by atoms with Crippen molar-refractivity contribution in [2.24, 2.45) is 0 Å². The van der Waals surface area contributed by atoms with Crippen molar-refractivity contribution in [2.45, 2.75) is 32.2 Å². The van der Waals surface area contributed by atoms with E-state index in [2.05, 4.69) is 24.3 Å². The largest absolute Gasteiger partial charge is 0.383 e. The van der Waals surface area contributed by atoms with Gasteiger partial charge in [-0.3, -0.25) is 0 Å². The quantitative estimate of drug-likeness (QED) is 0.744. The van der Waals surface area contributed by atoms with Crippen LogP contribution >= 0.6 is 0 Å². The monoisotopic (exact) mass is 202 g/mol. The van der Waals surface area contributed by atoms with Gasteiger partial charge in [0, 0.05) is 13.7 Å². The summed E-state index contributed by atoms with van der Waals surface area (Å²) in [5, 5.41) is 3.54. The number of ether oxygens (including phenoxy) is 1. The van der Waals surface area contributed by atoms with Gasteiger partial charge in [0.25, 0.3) is 0 Å². The van der Waals surface area contributed by atoms with E-state index in [1.165, 1.54) is 12.8 Å². The topological polar surface area (TPSA) is 24.5 Å². The van der Waals surface area contributed by atoms with Crippen molar-refractivity contribution >= 4 is 0 Å². The molecule has 1 unspecified atom stereocenters. The predicted octanol–water partition coefficient (Wildman–Crippen LogP) is 1.34. The number of nitrogens with zero attached hydrogens (tertiary/aromatic N) is 1. The standard InChI is InChI=1S/C9H20N2O.C2H6/c1-11(2)7-9(8-12-3)5-4-6-10-9;1-2/h10H,4-8H2,1-3H3;1-2H3. The summed E-state index contributed by atoms with van der Waals surface area (Å²) in [5.41, 5.74) is 0.220. The van der Waals surface area contributed by atoms with Crippen LogP contribution in [0.5, 0.6) is 0 Å². The average molecular weight is 202 g/mol. The highest BCUT2D eigenvalue weighted by atomic mass is 16.5. The van der Waals surface area contributed by atoms with Crippen LogP contribution in [0.1, 0.15) is 26.7 Å². The predicted molar refractivity (Wildman–Crippen MR) is 61.7 cm³/mol. The van der Waals surface area contributed by atoms with Crippen molar-refractivity contribution in [3.63, 3.8) is 0 Å². The third-order valence-corrected chi connectivity index (χ3v) is 2.37. The maximum absolute atomic E-state index is 5.24. The van der Waals surface area contributed by atoms with E-state index in [-0.39, 0.29) is 5.54 Å². The van der Waals surface area contributed by atoms with Crippen molar-refractivity contribution in [2.75, 3.05) is 40.9 Å². The van der Waals surface area contributed by atoms with E-state index in [9.17, 15) is 0 Å². The van der Waals surface area contributed by atoms with Crippen LogP contribution in [-0.4, -0.2) is 51.3 Å². The summed E-state index contributed by atoms with van der Waals surface area (Å²) in [6.45, 7) is 7.03. The molecular formula is C11H26N2O. The van der Waals surface area contributed by atoms with Crippen LogP contribution in [0.3, 0.4) is 0 Å². The normalized spacial score (nSPS) is 26.1. The summed E-state index contributed by atoms with van der Waals surface area (Å²) >= 11 is 0. The van der Waals surface area contributed by atoms with Crippen LogP contribution in [0.4, 0.5) is 0 Å². The minimum atomic E-state index is 0.220. The van der Waals surface area contributed by atoms with Crippen LogP contribution < -0.4 is 5.32 Å². The molecule has 0 radical (unpaired) electrons. The summed E-state index contributed by atoms with van der Waals surface area (Å²) in [4.78, 5) is 2.22. The lowest BCUT2D eigenvalue weighted by Gasteiger charge is -2.31. The fraction of sp³-hybridized carbons (Fsp3) is 1.00. The maximum atomic E-state index is 5.24. The van der Waals surface area contributed by atoms with Crippen molar-refractivity contribution in [1.82, 2.24) is 10.2 Å². The van der Waals surface area contributed by atoms with E-state index in [1.54, 1.807) is 7.11 Å². The van der Waals surface area contributed by atoms with Gasteiger partial charge in [-0.2, -0.15) is 0 Å². The van der Waals surface area contributed by atoms with Crippen molar-refractivity contribution in [3.05, 3.63) is 0 Å². The Morgan fingerprint density at radius 2 is 2.00 bits per heavy atom. The van der Waals surface area contributed by atoms with E-state index in [4.69, 9.17) is 4.74 Å². The lowest BCUT2D eigenvalue weighted by atomic mass is 9.98. The van der Waals surface area contributed by atoms with E-state index < -0.39 is 0 Å². The van der Waals surface area contributed by atoms with Gasteiger partial charge < -0.3 is 15.0 Å². The Labute approximate surface area is 88.8 Å². The van der Waals surface area contributed by atoms with E-state index in [1.807, 2.05) is 13.8 Å². The molecule has 1 aliphatic heterocycles. The fourth-order valence-corrected chi connectivity index (χ4v) is 2.05. The van der Waals surface area contributed by atoms with Gasteiger partial charge in [0.15, 0.2) is 0 Å². The maximum Gasteiger partial charge on any atom is 0.0657 e. The average Bonchev–Trinajstić information content (AvgIpc) is 2.56. The minimum Gasteiger partial charge on any atom is -0.383 e. The minimum absolute atomic E-state index is 0.220. The molecule has 0 aromatic carbocycles. The van der Waals surface area contributed by atoms with Gasteiger partial charge in [-0.05, 0) is 33.5 Å². The Kier molecular flexibility index (Phi) is 7.15. The zero-order valence-electron chi connectivity index (χ0n) is 10.4. The number of likely N-dealkylation sites (N-methyl/N-ethyl adjacent to an activating group) is 1. The molecular weight excluding hydrogens is 176 g/mol. The molecule has 86 valence electrons. The number of hydrogen-bond acceptors (Lipinski definition) is 3. The molecule has 0 amide bonds. The lowest BCUT2D eigenvalue weighted by Crippen LogP contribution is -2.51. The van der Waals surface area contributed by atoms with Gasteiger partial charge in [-0.15, -0.1) is 0 Å². The summed E-state index contributed by atoms with van der Waals surface area (Å²) in [7, 11) is 5.99. The first-order chi connectivity index (χ1) is 6.68. The SMILES string of the molecule is CC.COCC1(CN(C)C)CCCN1. The van der Waals surface area contributed by atoms with Crippen LogP contribution in [0.2, 0.25) is 0 Å². The van der Waals surface area contributed by atoms with Crippen molar-refractivity contribution < 1.29 is 4.74 Å². The zero-order valence-corrected chi connectivity index (χ0v) is 10.4. The van der Waals surface area contributed by atoms with Crippen molar-refractivity contribution in [3.8, 4) is 0 Å². The van der Waals surface area contributed by atoms with E-state index in [0.717, 1.165) is 19.7 Å². The molecule has 3 heteroatoms. The highest BCUT2D eigenvalue weighted by Gasteiger charge is 2.33. The van der Waals surface area contributed by atoms with Gasteiger partial charge in [-0.25, -0.2) is 0 Å². The van der Waals surface area contributed by atoms with Gasteiger partial charge in [-0.1, -0.05) is 13.8 Å². The molecule has 1 aliphatic rings. The molecule has 1 atom stereocenters. The molecule has 0 aromatic rings. The van der Waals surface area contributed by atoms with Crippen molar-refractivity contribution in [1.29, 1.82) is 0 Å². The van der Waals surface area contributed by atoms with Gasteiger partial charge >= 0.3 is 0 Å². The number of methoxy groups -OCH3 is 1. The highest BCUT2D eigenvalue weighted by Crippen LogP contribution is 2.20. The lowest BCUT2D eigenvalue weighted by molar-refractivity contribution is 0.101. The first-order valence-electron chi connectivity index (χ1n) is 5.57. The van der Waals surface area contributed by atoms with Crippen LogP contribution in [-0.2, 0) is 4.74 Å². The van der Waals surface area contributed by atoms with Gasteiger partial charge in [0.05, 0.1) is 12.1 Å². The first kappa shape index (κ1) is 13.9. The summed E-state index contributed by atoms with van der Waals surface area (Å²) in [6.07, 6.45) is 2.51. The molecule has 0 aromatic heterocycles. The molecule has 1 rings (SSSR count). The third kappa shape index (κ3) is 4.40. The van der Waals surface area contributed by atoms with Gasteiger partial charge in [0.1, 0.15) is 0 Å². The van der Waals surface area contributed by atoms with Crippen LogP contribution in [0.25, 0.3) is 0 Å². The Balaban J connectivity index is 0.000000791. The Morgan fingerprint density at radius 3 is 2.36 bits per heavy atom. The Bertz CT molecular complexity index is 131. The molecule has 3 nitrogen and oxygen atoms in total. The molecule has 0 aliphatic carbocycles. The second-order valence-corrected chi connectivity index (χ2v) is 3.98. The summed E-state index contributed by atoms with van der Waals surface area (Å²) < 4.78 is 5.24. The third-order valence-electron chi connectivity index (χ3n) is 2.37. The zero-order chi connectivity index (χ0) is 11.0. The fourth-order valence-electron chi connectivity index (χ4n) is 2.05. The molecule has 0 spiro atoms. The van der Waals surface area contributed by atoms with E-state index in [0.29, 0.717) is 0 Å². The van der Waals surface area contributed by atoms with Gasteiger partial charge in [0.2, 0.25) is 0 Å². The second-order valence-electron chi connectivity index (χ2n) is 3.98. The smallest absolute Gasteiger partial charge is 0.0657 e. The number of nitrogens with one attached hydrogen (secondary N) is 1. The molecule has 1 fully saturated rings. The van der Waals surface area contributed by atoms with Crippen LogP contribution in [0.15, 0.2) is 0 Å². The first-order valence-corrected chi connectivity index (χ1v) is 5.57. The molecule has 1 saturated heterocycles. The molecule has 0 bridgehead atoms.